The van der Waals surface area contributed by atoms with Gasteiger partial charge in [0.25, 0.3) is 0 Å². The molecule has 24 valence electrons. The molecular weight excluding hydrogens is 243 g/mol. The summed E-state index contributed by atoms with van der Waals surface area (Å²) in [5.74, 6) is 0. The van der Waals surface area contributed by atoms with Crippen LogP contribution in [0, 0.1) is 0 Å². The summed E-state index contributed by atoms with van der Waals surface area (Å²) in [5, 5.41) is 0. The molecule has 0 N–H and O–H groups in total. The van der Waals surface area contributed by atoms with E-state index in [1.165, 1.54) is 0 Å². The molecule has 0 aromatic carbocycles. The van der Waals surface area contributed by atoms with Gasteiger partial charge < -0.3 is 0 Å². The second-order valence-electron chi connectivity index (χ2n) is 0. The third kappa shape index (κ3) is 10.4. The van der Waals surface area contributed by atoms with Crippen molar-refractivity contribution in [2.75, 3.05) is 0 Å². The first-order chi connectivity index (χ1) is 1.00. The standard InChI is InChI=1S/CH4.Mo.O.Sn/h1H4;;;. The molecule has 0 unspecified atom stereocenters. The first-order valence-corrected chi connectivity index (χ1v) is 0.986. The molecule has 0 aromatic rings. The van der Waals surface area contributed by atoms with Gasteiger partial charge in [-0.15, -0.1) is 0 Å². The minimum atomic E-state index is 0. The Kier molecular flexibility index (Phi) is 130. The number of rotatable bonds is 0. The average Bonchev–Trinajstić information content (AvgIpc) is 1.00. The van der Waals surface area contributed by atoms with Crippen LogP contribution in [-0.4, -0.2) is 23.9 Å². The zero-order valence-corrected chi connectivity index (χ0v) is 6.18. The summed E-state index contributed by atoms with van der Waals surface area (Å²) < 4.78 is 8.26. The molecule has 3 heteroatoms. The minimum absolute atomic E-state index is 0. The van der Waals surface area contributed by atoms with E-state index in [0.717, 1.165) is 0 Å². The van der Waals surface area contributed by atoms with E-state index in [9.17, 15) is 0 Å². The Morgan fingerprint density at radius 3 is 1.25 bits per heavy atom. The molecule has 0 aromatic heterocycles. The summed E-state index contributed by atoms with van der Waals surface area (Å²) in [4.78, 5) is 0. The van der Waals surface area contributed by atoms with Gasteiger partial charge in [-0.1, -0.05) is 7.43 Å². The molecule has 0 aliphatic carbocycles. The van der Waals surface area contributed by atoms with Gasteiger partial charge in [-0.3, -0.25) is 0 Å². The van der Waals surface area contributed by atoms with Crippen molar-refractivity contribution in [2.45, 2.75) is 7.43 Å². The number of hydrogen-bond donors (Lipinski definition) is 0. The summed E-state index contributed by atoms with van der Waals surface area (Å²) >= 11 is 0.700. The van der Waals surface area contributed by atoms with Gasteiger partial charge in [0, 0.05) is 23.9 Å². The van der Waals surface area contributed by atoms with Crippen molar-refractivity contribution in [1.29, 1.82) is 0 Å². The second-order valence-corrected chi connectivity index (χ2v) is 0. The van der Waals surface area contributed by atoms with E-state index in [1.54, 1.807) is 0 Å². The van der Waals surface area contributed by atoms with Gasteiger partial charge in [0.15, 0.2) is 0 Å². The molecule has 0 rings (SSSR count). The molecular formula is CH4MoOSn. The summed E-state index contributed by atoms with van der Waals surface area (Å²) in [6.45, 7) is 0. The van der Waals surface area contributed by atoms with E-state index < -0.39 is 0 Å². The van der Waals surface area contributed by atoms with Crippen LogP contribution < -0.4 is 0 Å². The Balaban J connectivity index is -0.00000000500. The molecule has 0 aliphatic rings. The zero-order valence-electron chi connectivity index (χ0n) is 1.32. The monoisotopic (exact) mass is 250 g/mol. The maximum absolute atomic E-state index is 8.26. The summed E-state index contributed by atoms with van der Waals surface area (Å²) in [6, 6.07) is 0. The molecule has 0 amide bonds. The molecule has 1 nitrogen and oxygen atoms in total. The predicted octanol–water partition coefficient (Wildman–Crippen LogP) is 0.134. The van der Waals surface area contributed by atoms with Gasteiger partial charge in [0.2, 0.25) is 0 Å². The van der Waals surface area contributed by atoms with Crippen LogP contribution in [0.4, 0.5) is 0 Å². The largest absolute Gasteiger partial charge is 0 e. The topological polar surface area (TPSA) is 17.1 Å². The SMILES string of the molecule is C.[O]=[Mo].[Sn]. The first kappa shape index (κ1) is 18.6. The maximum atomic E-state index is 8.26. The summed E-state index contributed by atoms with van der Waals surface area (Å²) in [5.41, 5.74) is 0. The third-order valence-electron chi connectivity index (χ3n) is 0. The van der Waals surface area contributed by atoms with Gasteiger partial charge in [0.1, 0.15) is 0 Å². The fourth-order valence-electron chi connectivity index (χ4n) is 0. The van der Waals surface area contributed by atoms with Crippen molar-refractivity contribution in [3.8, 4) is 0 Å². The van der Waals surface area contributed by atoms with Crippen LogP contribution in [0.25, 0.3) is 0 Å². The Labute approximate surface area is 54.3 Å². The zero-order chi connectivity index (χ0) is 2.00. The third-order valence-corrected chi connectivity index (χ3v) is 0. The van der Waals surface area contributed by atoms with E-state index in [2.05, 4.69) is 0 Å². The average molecular weight is 247 g/mol. The van der Waals surface area contributed by atoms with Crippen molar-refractivity contribution in [3.63, 3.8) is 0 Å². The minimum Gasteiger partial charge on any atom is 0 e. The van der Waals surface area contributed by atoms with Crippen molar-refractivity contribution >= 4 is 23.9 Å². The molecule has 0 heterocycles. The van der Waals surface area contributed by atoms with Crippen LogP contribution in [0.5, 0.6) is 0 Å². The van der Waals surface area contributed by atoms with Crippen molar-refractivity contribution in [2.24, 2.45) is 0 Å². The van der Waals surface area contributed by atoms with Crippen LogP contribution in [0.3, 0.4) is 0 Å². The Morgan fingerprint density at radius 2 is 1.25 bits per heavy atom. The fourth-order valence-corrected chi connectivity index (χ4v) is 0. The summed E-state index contributed by atoms with van der Waals surface area (Å²) in [7, 11) is 0. The van der Waals surface area contributed by atoms with Gasteiger partial charge in [-0.25, -0.2) is 0 Å². The Morgan fingerprint density at radius 1 is 1.25 bits per heavy atom. The molecule has 0 atom stereocenters. The predicted molar refractivity (Wildman–Crippen MR) is 13.2 cm³/mol. The maximum Gasteiger partial charge on any atom is 0 e. The van der Waals surface area contributed by atoms with Crippen molar-refractivity contribution in [1.82, 2.24) is 0 Å². The van der Waals surface area contributed by atoms with Gasteiger partial charge in [-0.05, 0) is 0 Å². The Hall–Kier alpha value is 1.29. The van der Waals surface area contributed by atoms with Crippen LogP contribution in [-0.2, 0) is 23.2 Å². The second kappa shape index (κ2) is 28.0. The molecule has 0 fully saturated rings. The van der Waals surface area contributed by atoms with Gasteiger partial charge >= 0.3 is 23.2 Å². The molecule has 0 saturated heterocycles. The van der Waals surface area contributed by atoms with Crippen LogP contribution >= 0.6 is 0 Å². The molecule has 4 radical (unpaired) electrons. The van der Waals surface area contributed by atoms with E-state index in [1.807, 2.05) is 0 Å². The normalized spacial score (nSPS) is 1.00. The number of hydrogen-bond acceptors (Lipinski definition) is 1. The van der Waals surface area contributed by atoms with E-state index >= 15 is 0 Å². The van der Waals surface area contributed by atoms with Gasteiger partial charge in [0.05, 0.1) is 0 Å². The molecule has 0 aliphatic heterocycles. The van der Waals surface area contributed by atoms with Crippen LogP contribution in [0.2, 0.25) is 0 Å². The fraction of sp³-hybridized carbons (Fsp3) is 1.00. The Bertz CT molecular complexity index is 8.00. The van der Waals surface area contributed by atoms with Crippen LogP contribution in [0.15, 0.2) is 0 Å². The van der Waals surface area contributed by atoms with E-state index in [4.69, 9.17) is 3.40 Å². The quantitative estimate of drug-likeness (QED) is 0.556. The van der Waals surface area contributed by atoms with Crippen molar-refractivity contribution in [3.05, 3.63) is 0 Å². The summed E-state index contributed by atoms with van der Waals surface area (Å²) in [6.07, 6.45) is 0. The van der Waals surface area contributed by atoms with Gasteiger partial charge in [-0.2, -0.15) is 0 Å². The molecule has 4 heavy (non-hydrogen) atoms. The first-order valence-electron chi connectivity index (χ1n) is 0.167. The molecule has 0 spiro atoms. The molecule has 0 saturated carbocycles. The molecule has 0 bridgehead atoms. The smallest absolute Gasteiger partial charge is 0 e. The van der Waals surface area contributed by atoms with Crippen molar-refractivity contribution < 1.29 is 23.2 Å². The van der Waals surface area contributed by atoms with Crippen LogP contribution in [0.1, 0.15) is 7.43 Å². The van der Waals surface area contributed by atoms with E-state index in [-0.39, 0.29) is 31.3 Å². The van der Waals surface area contributed by atoms with E-state index in [0.29, 0.717) is 19.8 Å².